The topological polar surface area (TPSA) is 117 Å². The number of esters is 1. The molecule has 8 nitrogen and oxygen atoms in total. The number of hydrogen-bond acceptors (Lipinski definition) is 7. The molecule has 2 aliphatic rings. The minimum absolute atomic E-state index is 0.129. The number of likely N-dealkylation sites (tertiary alicyclic amines) is 1. The molecule has 1 aromatic heterocycles. The summed E-state index contributed by atoms with van der Waals surface area (Å²) >= 11 is 0.954. The SMILES string of the molecule is CCOC(=O)c1sc(NC(=O)C(Cc2ccccc2)N2C(=O)C3CCC(C)(C2=O)C3(C)C)c(C#N)c1C. The fourth-order valence-corrected chi connectivity index (χ4v) is 6.66. The summed E-state index contributed by atoms with van der Waals surface area (Å²) in [7, 11) is 0. The van der Waals surface area contributed by atoms with Crippen molar-refractivity contribution in [1.82, 2.24) is 4.90 Å². The number of thiophene rings is 1. The summed E-state index contributed by atoms with van der Waals surface area (Å²) in [5.74, 6) is -2.20. The highest BCUT2D eigenvalue weighted by Gasteiger charge is 2.65. The normalized spacial score (nSPS) is 22.9. The molecule has 0 spiro atoms. The number of piperidine rings is 1. The van der Waals surface area contributed by atoms with Crippen LogP contribution in [0.15, 0.2) is 30.3 Å². The zero-order valence-corrected chi connectivity index (χ0v) is 22.5. The number of fused-ring (bicyclic) bond motifs is 2. The molecule has 2 heterocycles. The zero-order valence-electron chi connectivity index (χ0n) is 21.7. The Morgan fingerprint density at radius 1 is 1.24 bits per heavy atom. The summed E-state index contributed by atoms with van der Waals surface area (Å²) < 4.78 is 5.09. The van der Waals surface area contributed by atoms with E-state index >= 15 is 0 Å². The summed E-state index contributed by atoms with van der Waals surface area (Å²) in [6.07, 6.45) is 1.30. The van der Waals surface area contributed by atoms with E-state index in [-0.39, 0.29) is 46.2 Å². The Balaban J connectivity index is 1.73. The first-order valence-corrected chi connectivity index (χ1v) is 13.2. The molecular weight excluding hydrogens is 490 g/mol. The minimum Gasteiger partial charge on any atom is -0.462 e. The van der Waals surface area contributed by atoms with Crippen molar-refractivity contribution >= 4 is 40.0 Å². The van der Waals surface area contributed by atoms with Crippen molar-refractivity contribution in [3.8, 4) is 6.07 Å². The van der Waals surface area contributed by atoms with Crippen LogP contribution in [0.25, 0.3) is 0 Å². The molecule has 1 aliphatic heterocycles. The molecule has 1 N–H and O–H groups in total. The van der Waals surface area contributed by atoms with Gasteiger partial charge in [0.25, 0.3) is 0 Å². The molecule has 3 atom stereocenters. The van der Waals surface area contributed by atoms with Crippen molar-refractivity contribution in [2.24, 2.45) is 16.7 Å². The number of rotatable bonds is 7. The van der Waals surface area contributed by atoms with E-state index in [9.17, 15) is 24.4 Å². The van der Waals surface area contributed by atoms with E-state index in [0.717, 1.165) is 21.8 Å². The molecule has 2 bridgehead atoms. The zero-order chi connectivity index (χ0) is 27.1. The number of amides is 3. The second-order valence-corrected chi connectivity index (χ2v) is 11.5. The quantitative estimate of drug-likeness (QED) is 0.425. The Hall–Kier alpha value is -3.51. The van der Waals surface area contributed by atoms with Crippen LogP contribution in [0.5, 0.6) is 0 Å². The number of nitrogens with one attached hydrogen (secondary N) is 1. The van der Waals surface area contributed by atoms with Gasteiger partial charge in [0.2, 0.25) is 17.7 Å². The van der Waals surface area contributed by atoms with Crippen molar-refractivity contribution in [3.05, 3.63) is 51.9 Å². The van der Waals surface area contributed by atoms with Gasteiger partial charge in [-0.3, -0.25) is 19.3 Å². The van der Waals surface area contributed by atoms with Crippen molar-refractivity contribution in [3.63, 3.8) is 0 Å². The number of carbonyl (C=O) groups excluding carboxylic acids is 4. The third kappa shape index (κ3) is 4.23. The maximum Gasteiger partial charge on any atom is 0.348 e. The summed E-state index contributed by atoms with van der Waals surface area (Å²) in [6, 6.07) is 10.1. The van der Waals surface area contributed by atoms with Gasteiger partial charge in [0, 0.05) is 12.3 Å². The van der Waals surface area contributed by atoms with Crippen LogP contribution >= 0.6 is 11.3 Å². The molecule has 1 saturated heterocycles. The van der Waals surface area contributed by atoms with Crippen molar-refractivity contribution in [2.75, 3.05) is 11.9 Å². The predicted octanol–water partition coefficient (Wildman–Crippen LogP) is 4.47. The van der Waals surface area contributed by atoms with Crippen LogP contribution in [0.3, 0.4) is 0 Å². The van der Waals surface area contributed by atoms with E-state index in [1.807, 2.05) is 51.1 Å². The lowest BCUT2D eigenvalue weighted by Crippen LogP contribution is -2.64. The summed E-state index contributed by atoms with van der Waals surface area (Å²) in [6.45, 7) is 9.27. The molecule has 0 radical (unpaired) electrons. The average Bonchev–Trinajstić information content (AvgIpc) is 3.27. The Kier molecular flexibility index (Phi) is 6.99. The standard InChI is InChI=1S/C28H31N3O5S/c1-6-36-25(34)21-16(2)18(15-29)23(37-21)30-22(32)20(14-17-10-8-7-9-11-17)31-24(33)19-12-13-28(5,26(31)35)27(19,3)4/h7-11,19-20H,6,12-14H2,1-5H3,(H,30,32). The number of ether oxygens (including phenoxy) is 1. The fraction of sp³-hybridized carbons (Fsp3) is 0.464. The smallest absolute Gasteiger partial charge is 0.348 e. The van der Waals surface area contributed by atoms with Gasteiger partial charge < -0.3 is 10.1 Å². The van der Waals surface area contributed by atoms with E-state index in [0.29, 0.717) is 18.4 Å². The lowest BCUT2D eigenvalue weighted by molar-refractivity contribution is -0.172. The number of benzene rings is 1. The fourth-order valence-electron chi connectivity index (χ4n) is 5.61. The highest BCUT2D eigenvalue weighted by molar-refractivity contribution is 7.18. The van der Waals surface area contributed by atoms with E-state index in [2.05, 4.69) is 11.4 Å². The van der Waals surface area contributed by atoms with E-state index in [4.69, 9.17) is 4.74 Å². The molecule has 9 heteroatoms. The van der Waals surface area contributed by atoms with Gasteiger partial charge in [-0.25, -0.2) is 4.79 Å². The molecule has 1 aromatic carbocycles. The second kappa shape index (κ2) is 9.75. The summed E-state index contributed by atoms with van der Waals surface area (Å²) in [4.78, 5) is 55.2. The van der Waals surface area contributed by atoms with Crippen LogP contribution in [0.2, 0.25) is 0 Å². The van der Waals surface area contributed by atoms with E-state index in [1.54, 1.807) is 13.8 Å². The number of nitriles is 1. The number of hydrogen-bond donors (Lipinski definition) is 1. The lowest BCUT2D eigenvalue weighted by Gasteiger charge is -2.49. The van der Waals surface area contributed by atoms with Crippen LogP contribution < -0.4 is 5.32 Å². The number of carbonyl (C=O) groups is 4. The predicted molar refractivity (Wildman–Crippen MR) is 139 cm³/mol. The van der Waals surface area contributed by atoms with Crippen LogP contribution in [0.1, 0.15) is 66.9 Å². The molecule has 4 rings (SSSR count). The molecule has 2 aromatic rings. The first kappa shape index (κ1) is 26.6. The Morgan fingerprint density at radius 2 is 1.92 bits per heavy atom. The highest BCUT2D eigenvalue weighted by atomic mass is 32.1. The molecular formula is C28H31N3O5S. The Bertz CT molecular complexity index is 1310. The Morgan fingerprint density at radius 3 is 2.54 bits per heavy atom. The van der Waals surface area contributed by atoms with Gasteiger partial charge >= 0.3 is 5.97 Å². The molecule has 194 valence electrons. The molecule has 3 amide bonds. The largest absolute Gasteiger partial charge is 0.462 e. The first-order valence-electron chi connectivity index (χ1n) is 12.4. The highest BCUT2D eigenvalue weighted by Crippen LogP contribution is 2.60. The van der Waals surface area contributed by atoms with Gasteiger partial charge in [-0.15, -0.1) is 11.3 Å². The Labute approximate surface area is 220 Å². The average molecular weight is 522 g/mol. The minimum atomic E-state index is -1.11. The van der Waals surface area contributed by atoms with Gasteiger partial charge in [-0.05, 0) is 43.2 Å². The van der Waals surface area contributed by atoms with Crippen LogP contribution in [-0.2, 0) is 25.5 Å². The monoisotopic (exact) mass is 521 g/mol. The molecule has 1 aliphatic carbocycles. The lowest BCUT2D eigenvalue weighted by atomic mass is 9.62. The third-order valence-corrected chi connectivity index (χ3v) is 9.48. The van der Waals surface area contributed by atoms with E-state index < -0.39 is 28.7 Å². The van der Waals surface area contributed by atoms with Gasteiger partial charge in [-0.2, -0.15) is 5.26 Å². The molecule has 3 unspecified atom stereocenters. The van der Waals surface area contributed by atoms with Gasteiger partial charge in [0.05, 0.1) is 17.6 Å². The van der Waals surface area contributed by atoms with Gasteiger partial charge in [0.15, 0.2) is 0 Å². The number of imide groups is 1. The maximum absolute atomic E-state index is 13.9. The van der Waals surface area contributed by atoms with Crippen LogP contribution in [0, 0.1) is 35.0 Å². The second-order valence-electron chi connectivity index (χ2n) is 10.4. The van der Waals surface area contributed by atoms with Crippen molar-refractivity contribution in [1.29, 1.82) is 5.26 Å². The van der Waals surface area contributed by atoms with Crippen molar-refractivity contribution < 1.29 is 23.9 Å². The van der Waals surface area contributed by atoms with Gasteiger partial charge in [-0.1, -0.05) is 51.1 Å². The van der Waals surface area contributed by atoms with E-state index in [1.165, 1.54) is 0 Å². The number of nitrogens with zero attached hydrogens (tertiary/aromatic N) is 2. The molecule has 1 saturated carbocycles. The van der Waals surface area contributed by atoms with Crippen LogP contribution in [0.4, 0.5) is 5.00 Å². The maximum atomic E-state index is 13.9. The summed E-state index contributed by atoms with van der Waals surface area (Å²) in [5, 5.41) is 12.7. The first-order chi connectivity index (χ1) is 17.5. The molecule has 37 heavy (non-hydrogen) atoms. The van der Waals surface area contributed by atoms with Crippen LogP contribution in [-0.4, -0.2) is 41.2 Å². The van der Waals surface area contributed by atoms with Gasteiger partial charge in [0.1, 0.15) is 22.0 Å². The summed E-state index contributed by atoms with van der Waals surface area (Å²) in [5.41, 5.74) is 0.0804. The molecule has 2 fully saturated rings. The number of anilines is 1. The van der Waals surface area contributed by atoms with Crippen molar-refractivity contribution in [2.45, 2.75) is 59.9 Å². The third-order valence-electron chi connectivity index (χ3n) is 8.29.